The molecule has 21 heavy (non-hydrogen) atoms. The number of rotatable bonds is 4. The molecule has 0 bridgehead atoms. The van der Waals surface area contributed by atoms with Gasteiger partial charge in [0.2, 0.25) is 0 Å². The Morgan fingerprint density at radius 1 is 1.43 bits per heavy atom. The molecule has 0 aliphatic rings. The fourth-order valence-electron chi connectivity index (χ4n) is 2.50. The number of hydrogen-bond donors (Lipinski definition) is 2. The normalized spacial score (nSPS) is 11.0. The Balaban J connectivity index is 2.25. The number of fused-ring (bicyclic) bond motifs is 1. The molecule has 0 aliphatic carbocycles. The molecule has 5 heteroatoms. The zero-order chi connectivity index (χ0) is 15.0. The second-order valence-corrected chi connectivity index (χ2v) is 4.74. The summed E-state index contributed by atoms with van der Waals surface area (Å²) in [6, 6.07) is 5.60. The van der Waals surface area contributed by atoms with Gasteiger partial charge in [0, 0.05) is 28.2 Å². The van der Waals surface area contributed by atoms with Crippen molar-refractivity contribution in [2.45, 2.75) is 13.3 Å². The van der Waals surface area contributed by atoms with Gasteiger partial charge in [-0.15, -0.1) is 0 Å². The number of benzene rings is 1. The lowest BCUT2D eigenvalue weighted by atomic mass is 10.0. The van der Waals surface area contributed by atoms with Crippen LogP contribution in [0.4, 0.5) is 0 Å². The van der Waals surface area contributed by atoms with Gasteiger partial charge in [-0.1, -0.05) is 6.92 Å². The molecule has 0 aliphatic heterocycles. The average molecular weight is 285 g/mol. The lowest BCUT2D eigenvalue weighted by molar-refractivity contribution is 0.0696. The lowest BCUT2D eigenvalue weighted by Crippen LogP contribution is -2.00. The molecular weight excluding hydrogens is 270 g/mol. The zero-order valence-electron chi connectivity index (χ0n) is 11.8. The first-order valence-electron chi connectivity index (χ1n) is 6.64. The SMILES string of the molecule is CCc1coc(-c2c[nH]c3ccc(OC)cc23)c1C(=O)O. The van der Waals surface area contributed by atoms with Crippen molar-refractivity contribution in [2.75, 3.05) is 7.11 Å². The maximum Gasteiger partial charge on any atom is 0.339 e. The molecule has 5 nitrogen and oxygen atoms in total. The van der Waals surface area contributed by atoms with Gasteiger partial charge in [0.1, 0.15) is 11.3 Å². The number of aromatic amines is 1. The van der Waals surface area contributed by atoms with E-state index in [2.05, 4.69) is 4.98 Å². The summed E-state index contributed by atoms with van der Waals surface area (Å²) in [4.78, 5) is 14.6. The number of furan rings is 1. The fraction of sp³-hybridized carbons (Fsp3) is 0.188. The van der Waals surface area contributed by atoms with Crippen LogP contribution in [0.3, 0.4) is 0 Å². The first-order chi connectivity index (χ1) is 10.2. The van der Waals surface area contributed by atoms with E-state index in [4.69, 9.17) is 9.15 Å². The molecule has 0 amide bonds. The summed E-state index contributed by atoms with van der Waals surface area (Å²) in [5.74, 6) is 0.106. The van der Waals surface area contributed by atoms with Gasteiger partial charge in [0.15, 0.2) is 5.76 Å². The van der Waals surface area contributed by atoms with E-state index >= 15 is 0 Å². The van der Waals surface area contributed by atoms with Crippen molar-refractivity contribution in [3.63, 3.8) is 0 Å². The third-order valence-corrected chi connectivity index (χ3v) is 3.60. The number of nitrogens with one attached hydrogen (secondary N) is 1. The van der Waals surface area contributed by atoms with Gasteiger partial charge in [-0.3, -0.25) is 0 Å². The van der Waals surface area contributed by atoms with Crippen LogP contribution in [-0.2, 0) is 6.42 Å². The second-order valence-electron chi connectivity index (χ2n) is 4.74. The van der Waals surface area contributed by atoms with Gasteiger partial charge >= 0.3 is 5.97 Å². The second kappa shape index (κ2) is 5.01. The largest absolute Gasteiger partial charge is 0.497 e. The Labute approximate surface area is 121 Å². The standard InChI is InChI=1S/C16H15NO4/c1-3-9-8-21-15(14(9)16(18)19)12-7-17-13-5-4-10(20-2)6-11(12)13/h4-8,17H,3H2,1-2H3,(H,18,19). The van der Waals surface area contributed by atoms with Crippen molar-refractivity contribution in [3.05, 3.63) is 41.8 Å². The van der Waals surface area contributed by atoms with E-state index in [-0.39, 0.29) is 5.56 Å². The van der Waals surface area contributed by atoms with Crippen molar-refractivity contribution in [3.8, 4) is 17.1 Å². The molecule has 0 fully saturated rings. The monoisotopic (exact) mass is 285 g/mol. The number of hydrogen-bond acceptors (Lipinski definition) is 3. The van der Waals surface area contributed by atoms with Crippen molar-refractivity contribution >= 4 is 16.9 Å². The van der Waals surface area contributed by atoms with Gasteiger partial charge in [-0.2, -0.15) is 0 Å². The van der Waals surface area contributed by atoms with Crippen LogP contribution in [0.5, 0.6) is 5.75 Å². The Morgan fingerprint density at radius 2 is 2.24 bits per heavy atom. The molecule has 2 aromatic heterocycles. The Morgan fingerprint density at radius 3 is 2.90 bits per heavy atom. The smallest absolute Gasteiger partial charge is 0.339 e. The zero-order valence-corrected chi connectivity index (χ0v) is 11.8. The number of carboxylic acids is 1. The Hall–Kier alpha value is -2.69. The summed E-state index contributed by atoms with van der Waals surface area (Å²) in [6.07, 6.45) is 3.88. The fourth-order valence-corrected chi connectivity index (χ4v) is 2.50. The minimum Gasteiger partial charge on any atom is -0.497 e. The topological polar surface area (TPSA) is 75.5 Å². The minimum atomic E-state index is -0.979. The highest BCUT2D eigenvalue weighted by Crippen LogP contribution is 2.35. The molecule has 0 saturated heterocycles. The third kappa shape index (κ3) is 2.07. The van der Waals surface area contributed by atoms with E-state index in [0.717, 1.165) is 16.5 Å². The quantitative estimate of drug-likeness (QED) is 0.766. The van der Waals surface area contributed by atoms with E-state index in [1.807, 2.05) is 25.1 Å². The average Bonchev–Trinajstić information content (AvgIpc) is 3.09. The maximum atomic E-state index is 11.5. The van der Waals surface area contributed by atoms with Crippen LogP contribution in [0, 0.1) is 0 Å². The van der Waals surface area contributed by atoms with Gasteiger partial charge in [0.05, 0.1) is 13.4 Å². The highest BCUT2D eigenvalue weighted by Gasteiger charge is 2.22. The number of H-pyrrole nitrogens is 1. The molecule has 2 heterocycles. The highest BCUT2D eigenvalue weighted by molar-refractivity contribution is 6.02. The van der Waals surface area contributed by atoms with Crippen molar-refractivity contribution in [1.29, 1.82) is 0 Å². The number of aromatic nitrogens is 1. The third-order valence-electron chi connectivity index (χ3n) is 3.60. The van der Waals surface area contributed by atoms with E-state index in [1.165, 1.54) is 6.26 Å². The van der Waals surface area contributed by atoms with Gasteiger partial charge in [-0.05, 0) is 24.6 Å². The summed E-state index contributed by atoms with van der Waals surface area (Å²) >= 11 is 0. The maximum absolute atomic E-state index is 11.5. The van der Waals surface area contributed by atoms with Crippen LogP contribution >= 0.6 is 0 Å². The molecule has 0 spiro atoms. The van der Waals surface area contributed by atoms with Gasteiger partial charge in [-0.25, -0.2) is 4.79 Å². The van der Waals surface area contributed by atoms with Crippen LogP contribution in [0.2, 0.25) is 0 Å². The summed E-state index contributed by atoms with van der Waals surface area (Å²) in [7, 11) is 1.60. The van der Waals surface area contributed by atoms with E-state index in [9.17, 15) is 9.90 Å². The molecule has 2 N–H and O–H groups in total. The first kappa shape index (κ1) is 13.3. The van der Waals surface area contributed by atoms with Crippen LogP contribution < -0.4 is 4.74 Å². The molecule has 1 aromatic carbocycles. The molecule has 0 atom stereocenters. The van der Waals surface area contributed by atoms with Crippen LogP contribution in [0.15, 0.2) is 35.1 Å². The van der Waals surface area contributed by atoms with Crippen LogP contribution in [0.25, 0.3) is 22.2 Å². The summed E-state index contributed by atoms with van der Waals surface area (Å²) in [5.41, 5.74) is 2.54. The number of carboxylic acid groups (broad SMARTS) is 1. The molecule has 0 radical (unpaired) electrons. The van der Waals surface area contributed by atoms with Gasteiger partial charge in [0.25, 0.3) is 0 Å². The van der Waals surface area contributed by atoms with E-state index < -0.39 is 5.97 Å². The Kier molecular flexibility index (Phi) is 3.17. The molecule has 0 unspecified atom stereocenters. The van der Waals surface area contributed by atoms with Crippen LogP contribution in [0.1, 0.15) is 22.8 Å². The predicted octanol–water partition coefficient (Wildman–Crippen LogP) is 3.70. The van der Waals surface area contributed by atoms with E-state index in [0.29, 0.717) is 23.5 Å². The number of aryl methyl sites for hydroxylation is 1. The lowest BCUT2D eigenvalue weighted by Gasteiger charge is -2.02. The minimum absolute atomic E-state index is 0.223. The van der Waals surface area contributed by atoms with Crippen molar-refractivity contribution in [1.82, 2.24) is 4.98 Å². The summed E-state index contributed by atoms with van der Waals surface area (Å²) < 4.78 is 10.8. The molecular formula is C16H15NO4. The molecule has 0 saturated carbocycles. The molecule has 3 rings (SSSR count). The van der Waals surface area contributed by atoms with E-state index in [1.54, 1.807) is 13.3 Å². The highest BCUT2D eigenvalue weighted by atomic mass is 16.5. The van der Waals surface area contributed by atoms with Crippen molar-refractivity contribution in [2.24, 2.45) is 0 Å². The van der Waals surface area contributed by atoms with Crippen LogP contribution in [-0.4, -0.2) is 23.2 Å². The van der Waals surface area contributed by atoms with Gasteiger partial charge < -0.3 is 19.2 Å². The number of methoxy groups -OCH3 is 1. The predicted molar refractivity (Wildman–Crippen MR) is 78.9 cm³/mol. The van der Waals surface area contributed by atoms with Crippen molar-refractivity contribution < 1.29 is 19.1 Å². The summed E-state index contributed by atoms with van der Waals surface area (Å²) in [5, 5.41) is 10.3. The molecule has 108 valence electrons. The number of aromatic carboxylic acids is 1. The Bertz CT molecular complexity index is 813. The first-order valence-corrected chi connectivity index (χ1v) is 6.64. The number of carbonyl (C=O) groups is 1. The molecule has 3 aromatic rings. The number of ether oxygens (including phenoxy) is 1. The summed E-state index contributed by atoms with van der Waals surface area (Å²) in [6.45, 7) is 1.90.